The molecule has 1 aromatic carbocycles. The lowest BCUT2D eigenvalue weighted by atomic mass is 10.2. The number of nitrogen functional groups attached to an aromatic ring is 1. The second kappa shape index (κ2) is 1.82. The maximum atomic E-state index is 5.54. The molecule has 3 nitrogen and oxygen atoms in total. The van der Waals surface area contributed by atoms with Crippen molar-refractivity contribution in [3.8, 4) is 0 Å². The van der Waals surface area contributed by atoms with Crippen molar-refractivity contribution < 1.29 is 5.32 Å². The molecule has 0 aromatic heterocycles. The molecule has 2 rings (SSSR count). The highest BCUT2D eigenvalue weighted by Crippen LogP contribution is 2.24. The Kier molecular flexibility index (Phi) is 0.987. The van der Waals surface area contributed by atoms with E-state index in [1.165, 1.54) is 0 Å². The zero-order chi connectivity index (χ0) is 6.97. The molecular formula is C7H8N3+. The lowest BCUT2D eigenvalue weighted by Crippen LogP contribution is -2.74. The largest absolute Gasteiger partial charge is 0.399 e. The number of nitrogens with zero attached hydrogens (tertiary/aromatic N) is 1. The number of hydrogen-bond acceptors (Lipinski definition) is 2. The lowest BCUT2D eigenvalue weighted by molar-refractivity contribution is -0.427. The van der Waals surface area contributed by atoms with E-state index in [1.54, 1.807) is 6.34 Å². The van der Waals surface area contributed by atoms with Gasteiger partial charge >= 0.3 is 0 Å². The summed E-state index contributed by atoms with van der Waals surface area (Å²) in [6, 6.07) is 5.72. The average Bonchev–Trinajstić information content (AvgIpc) is 2.33. The van der Waals surface area contributed by atoms with Gasteiger partial charge in [0, 0.05) is 11.8 Å². The molecule has 3 heteroatoms. The van der Waals surface area contributed by atoms with Crippen LogP contribution < -0.4 is 11.1 Å². The number of quaternary nitrogens is 1. The lowest BCUT2D eigenvalue weighted by Gasteiger charge is -1.93. The van der Waals surface area contributed by atoms with Gasteiger partial charge in [0.1, 0.15) is 5.69 Å². The smallest absolute Gasteiger partial charge is 0.192 e. The van der Waals surface area contributed by atoms with Crippen molar-refractivity contribution in [2.75, 3.05) is 5.73 Å². The summed E-state index contributed by atoms with van der Waals surface area (Å²) in [6.07, 6.45) is 1.78. The van der Waals surface area contributed by atoms with Gasteiger partial charge in [-0.2, -0.15) is 4.99 Å². The molecule has 0 amide bonds. The van der Waals surface area contributed by atoms with Gasteiger partial charge in [-0.1, -0.05) is 0 Å². The van der Waals surface area contributed by atoms with Crippen molar-refractivity contribution in [2.45, 2.75) is 0 Å². The number of hydrogen-bond donors (Lipinski definition) is 2. The number of fused-ring (bicyclic) bond motifs is 1. The van der Waals surface area contributed by atoms with Crippen molar-refractivity contribution in [1.29, 1.82) is 0 Å². The molecule has 0 spiro atoms. The van der Waals surface area contributed by atoms with Gasteiger partial charge in [-0.3, -0.25) is 5.32 Å². The zero-order valence-electron chi connectivity index (χ0n) is 5.41. The Morgan fingerprint density at radius 3 is 3.20 bits per heavy atom. The highest BCUT2D eigenvalue weighted by molar-refractivity contribution is 5.73. The fourth-order valence-corrected chi connectivity index (χ4v) is 1.01. The molecule has 1 aliphatic heterocycles. The van der Waals surface area contributed by atoms with Gasteiger partial charge in [-0.05, 0) is 12.1 Å². The third-order valence-corrected chi connectivity index (χ3v) is 1.52. The molecule has 1 aliphatic rings. The van der Waals surface area contributed by atoms with E-state index < -0.39 is 0 Å². The Morgan fingerprint density at radius 2 is 2.30 bits per heavy atom. The van der Waals surface area contributed by atoms with Gasteiger partial charge in [0.15, 0.2) is 12.0 Å². The first-order valence-electron chi connectivity index (χ1n) is 3.13. The minimum Gasteiger partial charge on any atom is -0.399 e. The normalized spacial score (nSPS) is 13.6. The summed E-state index contributed by atoms with van der Waals surface area (Å²) < 4.78 is 0. The van der Waals surface area contributed by atoms with Gasteiger partial charge in [0.25, 0.3) is 0 Å². The molecule has 0 bridgehead atoms. The number of benzene rings is 1. The molecule has 0 saturated carbocycles. The molecule has 0 atom stereocenters. The first kappa shape index (κ1) is 5.44. The number of rotatable bonds is 0. The van der Waals surface area contributed by atoms with E-state index in [0.717, 1.165) is 17.1 Å². The molecule has 10 heavy (non-hydrogen) atoms. The molecule has 0 aliphatic carbocycles. The molecule has 0 saturated heterocycles. The van der Waals surface area contributed by atoms with Crippen LogP contribution in [0, 0.1) is 0 Å². The van der Waals surface area contributed by atoms with Crippen LogP contribution in [-0.2, 0) is 0 Å². The van der Waals surface area contributed by atoms with Crippen molar-refractivity contribution in [2.24, 2.45) is 4.99 Å². The molecule has 1 aromatic rings. The Bertz CT molecular complexity index is 291. The fraction of sp³-hybridized carbons (Fsp3) is 0. The van der Waals surface area contributed by atoms with Crippen molar-refractivity contribution in [3.05, 3.63) is 18.2 Å². The van der Waals surface area contributed by atoms with Crippen LogP contribution in [0.4, 0.5) is 17.1 Å². The fourth-order valence-electron chi connectivity index (χ4n) is 1.01. The summed E-state index contributed by atoms with van der Waals surface area (Å²) in [5.74, 6) is 0. The summed E-state index contributed by atoms with van der Waals surface area (Å²) in [6.45, 7) is 0. The monoisotopic (exact) mass is 134 g/mol. The SMILES string of the molecule is Nc1ccc2c(c1)N=C[NH2+]2. The van der Waals surface area contributed by atoms with E-state index in [-0.39, 0.29) is 0 Å². The zero-order valence-corrected chi connectivity index (χ0v) is 5.41. The summed E-state index contributed by atoms with van der Waals surface area (Å²) in [7, 11) is 0. The van der Waals surface area contributed by atoms with Crippen LogP contribution in [0.25, 0.3) is 0 Å². The van der Waals surface area contributed by atoms with Gasteiger partial charge in [0.05, 0.1) is 0 Å². The van der Waals surface area contributed by atoms with Crippen LogP contribution in [0.15, 0.2) is 23.2 Å². The summed E-state index contributed by atoms with van der Waals surface area (Å²) >= 11 is 0. The molecule has 0 unspecified atom stereocenters. The quantitative estimate of drug-likeness (QED) is 0.487. The van der Waals surface area contributed by atoms with Crippen molar-refractivity contribution in [3.63, 3.8) is 0 Å². The molecule has 4 N–H and O–H groups in total. The van der Waals surface area contributed by atoms with E-state index in [4.69, 9.17) is 5.73 Å². The Balaban J connectivity index is 2.60. The van der Waals surface area contributed by atoms with Gasteiger partial charge in [-0.25, -0.2) is 0 Å². The first-order valence-corrected chi connectivity index (χ1v) is 3.13. The van der Waals surface area contributed by atoms with Crippen LogP contribution in [-0.4, -0.2) is 6.34 Å². The summed E-state index contributed by atoms with van der Waals surface area (Å²) in [4.78, 5) is 4.10. The molecular weight excluding hydrogens is 126 g/mol. The molecule has 50 valence electrons. The number of nitrogens with two attached hydrogens (primary N) is 2. The highest BCUT2D eigenvalue weighted by atomic mass is 15.0. The maximum absolute atomic E-state index is 5.54. The van der Waals surface area contributed by atoms with Crippen molar-refractivity contribution >= 4 is 23.4 Å². The van der Waals surface area contributed by atoms with Crippen LogP contribution >= 0.6 is 0 Å². The van der Waals surface area contributed by atoms with Gasteiger partial charge < -0.3 is 5.73 Å². The Hall–Kier alpha value is -1.35. The van der Waals surface area contributed by atoms with Crippen LogP contribution in [0.3, 0.4) is 0 Å². The van der Waals surface area contributed by atoms with E-state index in [0.29, 0.717) is 0 Å². The van der Waals surface area contributed by atoms with E-state index in [1.807, 2.05) is 23.5 Å². The van der Waals surface area contributed by atoms with Gasteiger partial charge in [-0.15, -0.1) is 0 Å². The summed E-state index contributed by atoms with van der Waals surface area (Å²) in [5.41, 5.74) is 8.43. The second-order valence-corrected chi connectivity index (χ2v) is 2.26. The van der Waals surface area contributed by atoms with Crippen LogP contribution in [0.5, 0.6) is 0 Å². The topological polar surface area (TPSA) is 55.0 Å². The predicted octanol–water partition coefficient (Wildman–Crippen LogP) is 0.137. The van der Waals surface area contributed by atoms with Crippen molar-refractivity contribution in [1.82, 2.24) is 0 Å². The third-order valence-electron chi connectivity index (χ3n) is 1.52. The van der Waals surface area contributed by atoms with Crippen LogP contribution in [0.2, 0.25) is 0 Å². The second-order valence-electron chi connectivity index (χ2n) is 2.26. The maximum Gasteiger partial charge on any atom is 0.192 e. The number of aliphatic imine (C=N–C) groups is 1. The Labute approximate surface area is 58.6 Å². The molecule has 0 fully saturated rings. The Morgan fingerprint density at radius 1 is 1.40 bits per heavy atom. The third kappa shape index (κ3) is 0.681. The molecule has 1 heterocycles. The number of anilines is 1. The molecule has 0 radical (unpaired) electrons. The predicted molar refractivity (Wildman–Crippen MR) is 40.6 cm³/mol. The average molecular weight is 134 g/mol. The van der Waals surface area contributed by atoms with Gasteiger partial charge in [0.2, 0.25) is 0 Å². The first-order chi connectivity index (χ1) is 4.86. The van der Waals surface area contributed by atoms with E-state index >= 15 is 0 Å². The highest BCUT2D eigenvalue weighted by Gasteiger charge is 2.08. The van der Waals surface area contributed by atoms with E-state index in [9.17, 15) is 0 Å². The van der Waals surface area contributed by atoms with E-state index in [2.05, 4.69) is 4.99 Å². The standard InChI is InChI=1S/C7H7N3/c8-5-1-2-6-7(3-5)10-4-9-6/h1-4H,8H2,(H,9,10)/p+1. The minimum atomic E-state index is 0.770. The minimum absolute atomic E-state index is 0.770. The van der Waals surface area contributed by atoms with Crippen LogP contribution in [0.1, 0.15) is 0 Å². The summed E-state index contributed by atoms with van der Waals surface area (Å²) in [5, 5.41) is 1.97.